The molecule has 1 saturated carbocycles. The number of piperidine rings is 1. The minimum atomic E-state index is -0.835. The van der Waals surface area contributed by atoms with E-state index in [2.05, 4.69) is 15.2 Å². The molecule has 20 heavy (non-hydrogen) atoms. The smallest absolute Gasteiger partial charge is 0.226 e. The molecule has 1 amide bonds. The van der Waals surface area contributed by atoms with Gasteiger partial charge in [0.2, 0.25) is 5.91 Å². The molecule has 1 N–H and O–H groups in total. The molecular weight excluding hydrogens is 297 g/mol. The molecule has 1 atom stereocenters. The number of amides is 1. The lowest BCUT2D eigenvalue weighted by Gasteiger charge is -2.33. The highest BCUT2D eigenvalue weighted by Gasteiger charge is 2.56. The van der Waals surface area contributed by atoms with Crippen molar-refractivity contribution in [2.24, 2.45) is 5.92 Å². The highest BCUT2D eigenvalue weighted by Crippen LogP contribution is 2.53. The third-order valence-electron chi connectivity index (χ3n) is 3.96. The average molecular weight is 314 g/mol. The first-order valence-corrected chi connectivity index (χ1v) is 7.66. The number of hydrogen-bond acceptors (Lipinski definition) is 3. The number of nitrogens with one attached hydrogen (secondary N) is 1. The van der Waals surface area contributed by atoms with Crippen molar-refractivity contribution < 1.29 is 4.79 Å². The largest absolute Gasteiger partial charge is 0.356 e. The van der Waals surface area contributed by atoms with Gasteiger partial charge in [0.15, 0.2) is 0 Å². The summed E-state index contributed by atoms with van der Waals surface area (Å²) in [5.41, 5.74) is 0. The van der Waals surface area contributed by atoms with Crippen LogP contribution in [0.1, 0.15) is 19.3 Å². The van der Waals surface area contributed by atoms with E-state index in [9.17, 15) is 4.79 Å². The molecule has 0 spiro atoms. The Morgan fingerprint density at radius 1 is 1.35 bits per heavy atom. The van der Waals surface area contributed by atoms with E-state index in [1.165, 1.54) is 0 Å². The molecule has 4 nitrogen and oxygen atoms in total. The van der Waals surface area contributed by atoms with Gasteiger partial charge < -0.3 is 10.2 Å². The molecule has 2 heterocycles. The van der Waals surface area contributed by atoms with Crippen molar-refractivity contribution in [3.8, 4) is 0 Å². The van der Waals surface area contributed by atoms with Crippen molar-refractivity contribution in [2.45, 2.75) is 29.6 Å². The SMILES string of the molecule is O=C(NC1CCN(c2ccccn2)CC1)C1CC1(Cl)Cl. The fraction of sp³-hybridized carbons (Fsp3) is 0.571. The molecule has 108 valence electrons. The summed E-state index contributed by atoms with van der Waals surface area (Å²) in [5, 5.41) is 3.05. The summed E-state index contributed by atoms with van der Waals surface area (Å²) in [7, 11) is 0. The predicted molar refractivity (Wildman–Crippen MR) is 80.2 cm³/mol. The van der Waals surface area contributed by atoms with E-state index in [0.29, 0.717) is 6.42 Å². The Labute approximate surface area is 128 Å². The Balaban J connectivity index is 1.48. The van der Waals surface area contributed by atoms with Crippen LogP contribution in [0.4, 0.5) is 5.82 Å². The van der Waals surface area contributed by atoms with Crippen LogP contribution in [0.25, 0.3) is 0 Å². The molecular formula is C14H17Cl2N3O. The second-order valence-electron chi connectivity index (χ2n) is 5.48. The Kier molecular flexibility index (Phi) is 3.78. The highest BCUT2D eigenvalue weighted by molar-refractivity contribution is 6.52. The van der Waals surface area contributed by atoms with Crippen LogP contribution in [-0.2, 0) is 4.79 Å². The van der Waals surface area contributed by atoms with Gasteiger partial charge in [-0.25, -0.2) is 4.98 Å². The topological polar surface area (TPSA) is 45.2 Å². The second kappa shape index (κ2) is 5.41. The first-order valence-electron chi connectivity index (χ1n) is 6.90. The monoisotopic (exact) mass is 313 g/mol. The van der Waals surface area contributed by atoms with Crippen LogP contribution >= 0.6 is 23.2 Å². The van der Waals surface area contributed by atoms with E-state index in [4.69, 9.17) is 23.2 Å². The average Bonchev–Trinajstić information content (AvgIpc) is 3.10. The maximum Gasteiger partial charge on any atom is 0.226 e. The summed E-state index contributed by atoms with van der Waals surface area (Å²) in [6, 6.07) is 6.13. The number of halogens is 2. The van der Waals surface area contributed by atoms with E-state index in [1.54, 1.807) is 6.20 Å². The van der Waals surface area contributed by atoms with Gasteiger partial charge in [0.25, 0.3) is 0 Å². The predicted octanol–water partition coefficient (Wildman–Crippen LogP) is 2.36. The first kappa shape index (κ1) is 14.0. The van der Waals surface area contributed by atoms with E-state index in [-0.39, 0.29) is 17.9 Å². The van der Waals surface area contributed by atoms with Gasteiger partial charge in [-0.2, -0.15) is 0 Å². The van der Waals surface area contributed by atoms with Gasteiger partial charge in [-0.15, -0.1) is 23.2 Å². The molecule has 0 aromatic carbocycles. The Bertz CT molecular complexity index is 486. The van der Waals surface area contributed by atoms with Crippen LogP contribution in [0.5, 0.6) is 0 Å². The first-order chi connectivity index (χ1) is 9.56. The summed E-state index contributed by atoms with van der Waals surface area (Å²) >= 11 is 11.8. The standard InChI is InChI=1S/C14H17Cl2N3O/c15-14(16)9-11(14)13(20)18-10-4-7-19(8-5-10)12-3-1-2-6-17-12/h1-3,6,10-11H,4-5,7-9H2,(H,18,20). The number of carbonyl (C=O) groups is 1. The van der Waals surface area contributed by atoms with Gasteiger partial charge >= 0.3 is 0 Å². The second-order valence-corrected chi connectivity index (χ2v) is 7.02. The maximum absolute atomic E-state index is 11.9. The van der Waals surface area contributed by atoms with Crippen LogP contribution in [0, 0.1) is 5.92 Å². The van der Waals surface area contributed by atoms with E-state index in [0.717, 1.165) is 31.7 Å². The zero-order valence-electron chi connectivity index (χ0n) is 11.1. The van der Waals surface area contributed by atoms with Crippen molar-refractivity contribution in [1.29, 1.82) is 0 Å². The Hall–Kier alpha value is -1.000. The van der Waals surface area contributed by atoms with Gasteiger partial charge in [0.05, 0.1) is 5.92 Å². The number of carbonyl (C=O) groups excluding carboxylic acids is 1. The third-order valence-corrected chi connectivity index (χ3v) is 4.79. The van der Waals surface area contributed by atoms with Crippen LogP contribution in [-0.4, -0.2) is 34.4 Å². The molecule has 1 aromatic rings. The summed E-state index contributed by atoms with van der Waals surface area (Å²) in [4.78, 5) is 18.5. The highest BCUT2D eigenvalue weighted by atomic mass is 35.5. The van der Waals surface area contributed by atoms with Crippen molar-refractivity contribution in [2.75, 3.05) is 18.0 Å². The van der Waals surface area contributed by atoms with Crippen LogP contribution in [0.3, 0.4) is 0 Å². The van der Waals surface area contributed by atoms with Crippen LogP contribution < -0.4 is 10.2 Å². The lowest BCUT2D eigenvalue weighted by atomic mass is 10.0. The number of pyridine rings is 1. The number of nitrogens with zero attached hydrogens (tertiary/aromatic N) is 2. The molecule has 2 aliphatic rings. The van der Waals surface area contributed by atoms with E-state index in [1.807, 2.05) is 18.2 Å². The summed E-state index contributed by atoms with van der Waals surface area (Å²) < 4.78 is -0.835. The van der Waals surface area contributed by atoms with Crippen molar-refractivity contribution in [1.82, 2.24) is 10.3 Å². The molecule has 1 aliphatic heterocycles. The summed E-state index contributed by atoms with van der Waals surface area (Å²) in [6.07, 6.45) is 4.21. The molecule has 0 bridgehead atoms. The maximum atomic E-state index is 11.9. The number of hydrogen-bond donors (Lipinski definition) is 1. The molecule has 1 saturated heterocycles. The quantitative estimate of drug-likeness (QED) is 0.871. The molecule has 0 radical (unpaired) electrons. The molecule has 3 rings (SSSR count). The number of aromatic nitrogens is 1. The van der Waals surface area contributed by atoms with Crippen molar-refractivity contribution >= 4 is 34.9 Å². The lowest BCUT2D eigenvalue weighted by Crippen LogP contribution is -2.45. The number of anilines is 1. The lowest BCUT2D eigenvalue weighted by molar-refractivity contribution is -0.123. The minimum absolute atomic E-state index is 0.00807. The van der Waals surface area contributed by atoms with Crippen molar-refractivity contribution in [3.63, 3.8) is 0 Å². The normalized spacial score (nSPS) is 25.3. The zero-order valence-corrected chi connectivity index (χ0v) is 12.6. The molecule has 6 heteroatoms. The van der Waals surface area contributed by atoms with Gasteiger partial charge in [0, 0.05) is 25.3 Å². The van der Waals surface area contributed by atoms with E-state index < -0.39 is 4.33 Å². The summed E-state index contributed by atoms with van der Waals surface area (Å²) in [6.45, 7) is 1.80. The van der Waals surface area contributed by atoms with E-state index >= 15 is 0 Å². The Morgan fingerprint density at radius 2 is 2.05 bits per heavy atom. The third kappa shape index (κ3) is 3.01. The van der Waals surface area contributed by atoms with Crippen LogP contribution in [0.2, 0.25) is 0 Å². The van der Waals surface area contributed by atoms with Gasteiger partial charge in [-0.1, -0.05) is 6.07 Å². The van der Waals surface area contributed by atoms with Gasteiger partial charge in [-0.3, -0.25) is 4.79 Å². The number of rotatable bonds is 3. The fourth-order valence-electron chi connectivity index (χ4n) is 2.59. The number of alkyl halides is 2. The molecule has 1 unspecified atom stereocenters. The summed E-state index contributed by atoms with van der Waals surface area (Å²) in [5.74, 6) is 0.756. The van der Waals surface area contributed by atoms with Crippen molar-refractivity contribution in [3.05, 3.63) is 24.4 Å². The van der Waals surface area contributed by atoms with Gasteiger partial charge in [-0.05, 0) is 31.4 Å². The Morgan fingerprint density at radius 3 is 2.60 bits per heavy atom. The van der Waals surface area contributed by atoms with Gasteiger partial charge in [0.1, 0.15) is 10.2 Å². The molecule has 2 fully saturated rings. The zero-order chi connectivity index (χ0) is 14.2. The van der Waals surface area contributed by atoms with Crippen LogP contribution in [0.15, 0.2) is 24.4 Å². The fourth-order valence-corrected chi connectivity index (χ4v) is 3.10. The minimum Gasteiger partial charge on any atom is -0.356 e. The molecule has 1 aromatic heterocycles. The molecule has 1 aliphatic carbocycles.